The molecule has 3 aromatic carbocycles. The number of sulfonamides is 1. The number of carbonyl (C=O) groups excluding carboxylic acids is 2. The first-order valence-electron chi connectivity index (χ1n) is 14.2. The van der Waals surface area contributed by atoms with E-state index in [2.05, 4.69) is 5.32 Å². The molecule has 3 aromatic rings. The Morgan fingerprint density at radius 1 is 0.907 bits per heavy atom. The molecule has 0 bridgehead atoms. The fourth-order valence-electron chi connectivity index (χ4n) is 4.41. The molecule has 232 valence electrons. The van der Waals surface area contributed by atoms with Crippen molar-refractivity contribution in [1.29, 1.82) is 0 Å². The van der Waals surface area contributed by atoms with Crippen LogP contribution >= 0.6 is 0 Å². The lowest BCUT2D eigenvalue weighted by atomic mass is 10.1. The summed E-state index contributed by atoms with van der Waals surface area (Å²) in [6.45, 7) is 7.81. The van der Waals surface area contributed by atoms with Gasteiger partial charge in [-0.3, -0.25) is 13.9 Å². The van der Waals surface area contributed by atoms with Gasteiger partial charge in [-0.1, -0.05) is 32.9 Å². The van der Waals surface area contributed by atoms with Gasteiger partial charge in [-0.25, -0.2) is 12.8 Å². The molecule has 1 atom stereocenters. The lowest BCUT2D eigenvalue weighted by Crippen LogP contribution is -2.52. The van der Waals surface area contributed by atoms with E-state index >= 15 is 0 Å². The van der Waals surface area contributed by atoms with Crippen molar-refractivity contribution in [3.05, 3.63) is 84.2 Å². The van der Waals surface area contributed by atoms with Gasteiger partial charge >= 0.3 is 0 Å². The van der Waals surface area contributed by atoms with Crippen LogP contribution < -0.4 is 19.1 Å². The molecule has 0 aliphatic heterocycles. The maximum atomic E-state index is 14.1. The quantitative estimate of drug-likeness (QED) is 0.259. The third-order valence-electron chi connectivity index (χ3n) is 6.70. The zero-order valence-corrected chi connectivity index (χ0v) is 26.1. The summed E-state index contributed by atoms with van der Waals surface area (Å²) in [7, 11) is -2.75. The van der Waals surface area contributed by atoms with Gasteiger partial charge in [0.2, 0.25) is 11.8 Å². The highest BCUT2D eigenvalue weighted by Gasteiger charge is 2.33. The average Bonchev–Trinajstić information content (AvgIpc) is 2.99. The first-order chi connectivity index (χ1) is 20.5. The molecule has 0 aliphatic rings. The van der Waals surface area contributed by atoms with Gasteiger partial charge in [0.1, 0.15) is 29.9 Å². The number of carbonyl (C=O) groups is 2. The molecule has 0 aromatic heterocycles. The second-order valence-corrected chi connectivity index (χ2v) is 12.2. The van der Waals surface area contributed by atoms with Crippen molar-refractivity contribution in [2.75, 3.05) is 31.1 Å². The standard InChI is InChI=1S/C32H40FN3O6S/c1-6-30(32(38)34-20-23(3)4)35(21-24-8-14-27(41-5)15-9-24)31(37)22-36(26-12-10-25(33)11-13-26)43(39,40)29-18-16-28(17-19-29)42-7-2/h8-19,23,30H,6-7,20-22H2,1-5H3,(H,34,38)/t30-/m1/s1. The summed E-state index contributed by atoms with van der Waals surface area (Å²) in [6, 6.07) is 16.9. The Balaban J connectivity index is 2.03. The molecule has 0 saturated carbocycles. The van der Waals surface area contributed by atoms with Gasteiger partial charge in [-0.2, -0.15) is 0 Å². The molecular formula is C32H40FN3O6S. The van der Waals surface area contributed by atoms with E-state index in [1.54, 1.807) is 38.3 Å². The predicted molar refractivity (Wildman–Crippen MR) is 164 cm³/mol. The molecular weight excluding hydrogens is 573 g/mol. The van der Waals surface area contributed by atoms with Crippen molar-refractivity contribution >= 4 is 27.5 Å². The molecule has 0 aliphatic carbocycles. The van der Waals surface area contributed by atoms with E-state index in [4.69, 9.17) is 9.47 Å². The van der Waals surface area contributed by atoms with Crippen molar-refractivity contribution in [3.63, 3.8) is 0 Å². The summed E-state index contributed by atoms with van der Waals surface area (Å²) < 4.78 is 53.4. The molecule has 0 saturated heterocycles. The summed E-state index contributed by atoms with van der Waals surface area (Å²) in [5.74, 6) is -0.160. The van der Waals surface area contributed by atoms with Crippen LogP contribution in [0.4, 0.5) is 10.1 Å². The van der Waals surface area contributed by atoms with Gasteiger partial charge in [-0.15, -0.1) is 0 Å². The topological polar surface area (TPSA) is 105 Å². The number of amides is 2. The Hall–Kier alpha value is -4.12. The zero-order valence-electron chi connectivity index (χ0n) is 25.2. The van der Waals surface area contributed by atoms with Crippen LogP contribution in [-0.4, -0.2) is 58.0 Å². The van der Waals surface area contributed by atoms with Crippen molar-refractivity contribution in [2.24, 2.45) is 5.92 Å². The van der Waals surface area contributed by atoms with Crippen LogP contribution in [0, 0.1) is 11.7 Å². The Bertz CT molecular complexity index is 1450. The number of benzene rings is 3. The Kier molecular flexibility index (Phi) is 11.9. The minimum Gasteiger partial charge on any atom is -0.497 e. The molecule has 0 heterocycles. The number of nitrogens with zero attached hydrogens (tertiary/aromatic N) is 2. The molecule has 43 heavy (non-hydrogen) atoms. The summed E-state index contributed by atoms with van der Waals surface area (Å²) in [6.07, 6.45) is 0.300. The number of methoxy groups -OCH3 is 1. The first kappa shape index (κ1) is 33.4. The second-order valence-electron chi connectivity index (χ2n) is 10.3. The highest BCUT2D eigenvalue weighted by Crippen LogP contribution is 2.27. The van der Waals surface area contributed by atoms with E-state index in [1.165, 1.54) is 41.3 Å². The normalized spacial score (nSPS) is 12.0. The van der Waals surface area contributed by atoms with E-state index in [0.717, 1.165) is 22.0 Å². The minimum absolute atomic E-state index is 0.0524. The lowest BCUT2D eigenvalue weighted by Gasteiger charge is -2.33. The summed E-state index contributed by atoms with van der Waals surface area (Å²) in [5, 5.41) is 2.90. The summed E-state index contributed by atoms with van der Waals surface area (Å²) in [4.78, 5) is 28.7. The molecule has 3 rings (SSSR count). The number of rotatable bonds is 15. The van der Waals surface area contributed by atoms with E-state index in [9.17, 15) is 22.4 Å². The maximum absolute atomic E-state index is 14.1. The lowest BCUT2D eigenvalue weighted by molar-refractivity contribution is -0.140. The predicted octanol–water partition coefficient (Wildman–Crippen LogP) is 5.01. The van der Waals surface area contributed by atoms with E-state index in [0.29, 0.717) is 31.1 Å². The van der Waals surface area contributed by atoms with Gasteiger partial charge in [0.05, 0.1) is 24.3 Å². The molecule has 2 amide bonds. The van der Waals surface area contributed by atoms with E-state index < -0.39 is 34.3 Å². The Labute approximate surface area is 253 Å². The molecule has 1 N–H and O–H groups in total. The van der Waals surface area contributed by atoms with Crippen molar-refractivity contribution in [1.82, 2.24) is 10.2 Å². The van der Waals surface area contributed by atoms with Crippen LogP contribution in [0.5, 0.6) is 11.5 Å². The highest BCUT2D eigenvalue weighted by atomic mass is 32.2. The number of hydrogen-bond donors (Lipinski definition) is 1. The second kappa shape index (κ2) is 15.4. The first-order valence-corrected chi connectivity index (χ1v) is 15.6. The molecule has 0 fully saturated rings. The van der Waals surface area contributed by atoms with Crippen molar-refractivity contribution < 1.29 is 31.9 Å². The third kappa shape index (κ3) is 8.93. The fourth-order valence-corrected chi connectivity index (χ4v) is 5.82. The van der Waals surface area contributed by atoms with Gasteiger partial charge in [0.15, 0.2) is 0 Å². The van der Waals surface area contributed by atoms with Crippen LogP contribution in [0.2, 0.25) is 0 Å². The number of nitrogens with one attached hydrogen (secondary N) is 1. The zero-order chi connectivity index (χ0) is 31.6. The monoisotopic (exact) mass is 613 g/mol. The van der Waals surface area contributed by atoms with Gasteiger partial charge in [-0.05, 0) is 85.5 Å². The number of halogens is 1. The van der Waals surface area contributed by atoms with Gasteiger partial charge < -0.3 is 19.7 Å². The van der Waals surface area contributed by atoms with Crippen LogP contribution in [0.15, 0.2) is 77.7 Å². The van der Waals surface area contributed by atoms with Crippen LogP contribution in [-0.2, 0) is 26.2 Å². The Morgan fingerprint density at radius 3 is 2.05 bits per heavy atom. The smallest absolute Gasteiger partial charge is 0.264 e. The van der Waals surface area contributed by atoms with Gasteiger partial charge in [0.25, 0.3) is 10.0 Å². The number of ether oxygens (including phenoxy) is 2. The third-order valence-corrected chi connectivity index (χ3v) is 8.49. The van der Waals surface area contributed by atoms with Crippen LogP contribution in [0.1, 0.15) is 39.7 Å². The molecule has 9 nitrogen and oxygen atoms in total. The highest BCUT2D eigenvalue weighted by molar-refractivity contribution is 7.92. The fraction of sp³-hybridized carbons (Fsp3) is 0.375. The summed E-state index contributed by atoms with van der Waals surface area (Å²) >= 11 is 0. The van der Waals surface area contributed by atoms with E-state index in [-0.39, 0.29) is 29.0 Å². The molecule has 0 spiro atoms. The van der Waals surface area contributed by atoms with Gasteiger partial charge in [0, 0.05) is 13.1 Å². The average molecular weight is 614 g/mol. The maximum Gasteiger partial charge on any atom is 0.264 e. The van der Waals surface area contributed by atoms with E-state index in [1.807, 2.05) is 20.8 Å². The van der Waals surface area contributed by atoms with Crippen LogP contribution in [0.3, 0.4) is 0 Å². The van der Waals surface area contributed by atoms with Crippen molar-refractivity contribution in [3.8, 4) is 11.5 Å². The summed E-state index contributed by atoms with van der Waals surface area (Å²) in [5.41, 5.74) is 0.831. The van der Waals surface area contributed by atoms with Crippen LogP contribution in [0.25, 0.3) is 0 Å². The molecule has 0 unspecified atom stereocenters. The largest absolute Gasteiger partial charge is 0.497 e. The van der Waals surface area contributed by atoms with Crippen molar-refractivity contribution in [2.45, 2.75) is 51.6 Å². The molecule has 0 radical (unpaired) electrons. The number of anilines is 1. The number of hydrogen-bond acceptors (Lipinski definition) is 6. The minimum atomic E-state index is -4.29. The molecule has 11 heteroatoms. The SMILES string of the molecule is CCOc1ccc(S(=O)(=O)N(CC(=O)N(Cc2ccc(OC)cc2)[C@H](CC)C(=O)NCC(C)C)c2ccc(F)cc2)cc1. The Morgan fingerprint density at radius 2 is 1.51 bits per heavy atom.